The molecule has 3 aromatic rings. The number of anilines is 1. The van der Waals surface area contributed by atoms with E-state index in [0.717, 1.165) is 73.8 Å². The maximum Gasteiger partial charge on any atom is 0.257 e. The van der Waals surface area contributed by atoms with Gasteiger partial charge in [0.05, 0.1) is 34.1 Å². The zero-order chi connectivity index (χ0) is 20.9. The summed E-state index contributed by atoms with van der Waals surface area (Å²) in [6.07, 6.45) is 2.65. The Kier molecular flexibility index (Phi) is 4.56. The number of piperazine rings is 1. The molecule has 0 saturated carbocycles. The SMILES string of the molecule is CN1CCN(C2CCC(c3nc4cccc5c4n3-c3ccccc3NC5=O)CN2)CC1. The number of fused-ring (bicyclic) bond motifs is 2. The first kappa shape index (κ1) is 19.0. The summed E-state index contributed by atoms with van der Waals surface area (Å²) in [5, 5.41) is 6.89. The predicted molar refractivity (Wildman–Crippen MR) is 122 cm³/mol. The van der Waals surface area contributed by atoms with Gasteiger partial charge in [-0.25, -0.2) is 4.98 Å². The predicted octanol–water partition coefficient (Wildman–Crippen LogP) is 2.63. The van der Waals surface area contributed by atoms with Crippen LogP contribution < -0.4 is 10.6 Å². The average molecular weight is 417 g/mol. The van der Waals surface area contributed by atoms with Crippen LogP contribution in [-0.4, -0.2) is 71.2 Å². The molecule has 31 heavy (non-hydrogen) atoms. The first-order valence-electron chi connectivity index (χ1n) is 11.3. The van der Waals surface area contributed by atoms with Gasteiger partial charge in [0.2, 0.25) is 0 Å². The minimum atomic E-state index is -0.0693. The largest absolute Gasteiger partial charge is 0.320 e. The molecule has 0 bridgehead atoms. The van der Waals surface area contributed by atoms with Gasteiger partial charge in [0.25, 0.3) is 5.91 Å². The quantitative estimate of drug-likeness (QED) is 0.672. The molecule has 0 radical (unpaired) electrons. The smallest absolute Gasteiger partial charge is 0.257 e. The Morgan fingerprint density at radius 3 is 2.65 bits per heavy atom. The number of nitrogens with zero attached hydrogens (tertiary/aromatic N) is 4. The second-order valence-electron chi connectivity index (χ2n) is 8.99. The monoisotopic (exact) mass is 416 g/mol. The van der Waals surface area contributed by atoms with Crippen LogP contribution in [0.1, 0.15) is 34.9 Å². The van der Waals surface area contributed by atoms with Crippen molar-refractivity contribution in [3.8, 4) is 5.69 Å². The van der Waals surface area contributed by atoms with Crippen molar-refractivity contribution in [1.82, 2.24) is 24.7 Å². The molecule has 4 heterocycles. The molecule has 2 saturated heterocycles. The number of rotatable bonds is 2. The Labute approximate surface area is 182 Å². The summed E-state index contributed by atoms with van der Waals surface area (Å²) < 4.78 is 2.22. The highest BCUT2D eigenvalue weighted by molar-refractivity contribution is 6.14. The Morgan fingerprint density at radius 1 is 1.00 bits per heavy atom. The minimum Gasteiger partial charge on any atom is -0.320 e. The Bertz CT molecular complexity index is 1140. The third kappa shape index (κ3) is 3.15. The number of benzene rings is 2. The fraction of sp³-hybridized carbons (Fsp3) is 0.417. The number of hydrogen-bond acceptors (Lipinski definition) is 5. The zero-order valence-corrected chi connectivity index (χ0v) is 17.8. The third-order valence-electron chi connectivity index (χ3n) is 7.07. The normalized spacial score (nSPS) is 24.6. The fourth-order valence-electron chi connectivity index (χ4n) is 5.32. The van der Waals surface area contributed by atoms with Crippen LogP contribution in [0.3, 0.4) is 0 Å². The number of amides is 1. The van der Waals surface area contributed by atoms with Crippen LogP contribution in [0.25, 0.3) is 16.7 Å². The lowest BCUT2D eigenvalue weighted by atomic mass is 9.96. The van der Waals surface area contributed by atoms with Gasteiger partial charge in [0, 0.05) is 38.6 Å². The first-order chi connectivity index (χ1) is 15.2. The van der Waals surface area contributed by atoms with Gasteiger partial charge in [-0.1, -0.05) is 18.2 Å². The highest BCUT2D eigenvalue weighted by Crippen LogP contribution is 2.37. The first-order valence-corrected chi connectivity index (χ1v) is 11.3. The van der Waals surface area contributed by atoms with Gasteiger partial charge in [0.1, 0.15) is 5.82 Å². The number of carbonyl (C=O) groups is 1. The number of aromatic nitrogens is 2. The molecule has 2 atom stereocenters. The highest BCUT2D eigenvalue weighted by Gasteiger charge is 2.32. The van der Waals surface area contributed by atoms with Crippen molar-refractivity contribution >= 4 is 22.6 Å². The molecule has 3 aliphatic rings. The van der Waals surface area contributed by atoms with Gasteiger partial charge in [-0.2, -0.15) is 0 Å². The number of likely N-dealkylation sites (N-methyl/N-ethyl adjacent to an activating group) is 1. The number of piperidine rings is 1. The Morgan fingerprint density at radius 2 is 1.84 bits per heavy atom. The summed E-state index contributed by atoms with van der Waals surface area (Å²) in [6, 6.07) is 13.9. The molecular formula is C24H28N6O. The topological polar surface area (TPSA) is 65.4 Å². The van der Waals surface area contributed by atoms with Gasteiger partial charge < -0.3 is 15.5 Å². The second kappa shape index (κ2) is 7.44. The summed E-state index contributed by atoms with van der Waals surface area (Å²) in [7, 11) is 2.20. The molecule has 2 unspecified atom stereocenters. The molecule has 1 amide bonds. The van der Waals surface area contributed by atoms with E-state index >= 15 is 0 Å². The van der Waals surface area contributed by atoms with Crippen LogP contribution >= 0.6 is 0 Å². The maximum atomic E-state index is 12.9. The molecule has 160 valence electrons. The highest BCUT2D eigenvalue weighted by atomic mass is 16.1. The fourth-order valence-corrected chi connectivity index (χ4v) is 5.32. The van der Waals surface area contributed by atoms with Gasteiger partial charge in [0.15, 0.2) is 0 Å². The molecule has 3 aliphatic heterocycles. The van der Waals surface area contributed by atoms with Crippen molar-refractivity contribution in [1.29, 1.82) is 0 Å². The van der Waals surface area contributed by atoms with Crippen LogP contribution in [0, 0.1) is 0 Å². The maximum absolute atomic E-state index is 12.9. The molecule has 0 spiro atoms. The summed E-state index contributed by atoms with van der Waals surface area (Å²) in [4.78, 5) is 22.9. The van der Waals surface area contributed by atoms with Crippen molar-refractivity contribution < 1.29 is 4.79 Å². The third-order valence-corrected chi connectivity index (χ3v) is 7.07. The molecule has 7 nitrogen and oxygen atoms in total. The van der Waals surface area contributed by atoms with Crippen molar-refractivity contribution in [3.63, 3.8) is 0 Å². The summed E-state index contributed by atoms with van der Waals surface area (Å²) in [6.45, 7) is 5.43. The molecule has 2 aromatic carbocycles. The number of nitrogens with one attached hydrogen (secondary N) is 2. The number of para-hydroxylation sites is 3. The molecular weight excluding hydrogens is 388 g/mol. The van der Waals surface area contributed by atoms with E-state index in [2.05, 4.69) is 38.1 Å². The van der Waals surface area contributed by atoms with Gasteiger partial charge in [-0.15, -0.1) is 0 Å². The number of hydrogen-bond donors (Lipinski definition) is 2. The summed E-state index contributed by atoms with van der Waals surface area (Å²) >= 11 is 0. The van der Waals surface area contributed by atoms with E-state index in [1.54, 1.807) is 0 Å². The van der Waals surface area contributed by atoms with Crippen molar-refractivity contribution in [2.75, 3.05) is 45.1 Å². The number of imidazole rings is 1. The lowest BCUT2D eigenvalue weighted by molar-refractivity contribution is 0.0752. The van der Waals surface area contributed by atoms with E-state index in [9.17, 15) is 4.79 Å². The van der Waals surface area contributed by atoms with Gasteiger partial charge >= 0.3 is 0 Å². The number of carbonyl (C=O) groups excluding carboxylic acids is 1. The van der Waals surface area contributed by atoms with Crippen molar-refractivity contribution in [2.24, 2.45) is 0 Å². The van der Waals surface area contributed by atoms with Crippen LogP contribution in [0.4, 0.5) is 5.69 Å². The lowest BCUT2D eigenvalue weighted by Crippen LogP contribution is -2.56. The molecule has 2 N–H and O–H groups in total. The van der Waals surface area contributed by atoms with Gasteiger partial charge in [-0.3, -0.25) is 14.3 Å². The standard InChI is InChI=1S/C24H28N6O/c1-28-11-13-29(14-12-28)21-10-9-16(15-25-21)23-26-19-7-4-5-17-22(19)30(23)20-8-3-2-6-18(20)27-24(17)31/h2-8,16,21,25H,9-15H2,1H3,(H,27,31). The van der Waals surface area contributed by atoms with E-state index < -0.39 is 0 Å². The van der Waals surface area contributed by atoms with Gasteiger partial charge in [-0.05, 0) is 44.2 Å². The van der Waals surface area contributed by atoms with Crippen LogP contribution in [-0.2, 0) is 0 Å². The van der Waals surface area contributed by atoms with Crippen LogP contribution in [0.5, 0.6) is 0 Å². The lowest BCUT2D eigenvalue weighted by Gasteiger charge is -2.41. The molecule has 1 aromatic heterocycles. The molecule has 0 aliphatic carbocycles. The van der Waals surface area contributed by atoms with E-state index in [1.165, 1.54) is 0 Å². The zero-order valence-electron chi connectivity index (χ0n) is 17.8. The van der Waals surface area contributed by atoms with Crippen LogP contribution in [0.2, 0.25) is 0 Å². The van der Waals surface area contributed by atoms with E-state index in [1.807, 2.05) is 36.4 Å². The van der Waals surface area contributed by atoms with Crippen molar-refractivity contribution in [2.45, 2.75) is 24.9 Å². The van der Waals surface area contributed by atoms with E-state index in [0.29, 0.717) is 17.6 Å². The molecule has 7 heteroatoms. The Balaban J connectivity index is 1.36. The minimum absolute atomic E-state index is 0.0693. The molecule has 2 fully saturated rings. The second-order valence-corrected chi connectivity index (χ2v) is 8.99. The average Bonchev–Trinajstić information content (AvgIpc) is 3.13. The summed E-state index contributed by atoms with van der Waals surface area (Å²) in [5.41, 5.74) is 4.33. The van der Waals surface area contributed by atoms with E-state index in [-0.39, 0.29) is 5.91 Å². The van der Waals surface area contributed by atoms with Crippen molar-refractivity contribution in [3.05, 3.63) is 53.9 Å². The van der Waals surface area contributed by atoms with Crippen LogP contribution in [0.15, 0.2) is 42.5 Å². The summed E-state index contributed by atoms with van der Waals surface area (Å²) in [5.74, 6) is 1.29. The molecule has 6 rings (SSSR count). The Hall–Kier alpha value is -2.74. The van der Waals surface area contributed by atoms with E-state index in [4.69, 9.17) is 4.98 Å².